The monoisotopic (exact) mass is 168 g/mol. The molecule has 5 heteroatoms. The van der Waals surface area contributed by atoms with Gasteiger partial charge in [-0.05, 0) is 6.42 Å². The van der Waals surface area contributed by atoms with Gasteiger partial charge in [0.05, 0.1) is 18.2 Å². The van der Waals surface area contributed by atoms with Crippen LogP contribution in [-0.2, 0) is 4.79 Å². The fourth-order valence-corrected chi connectivity index (χ4v) is 0.797. The first-order valence-electron chi connectivity index (χ1n) is 3.57. The Balaban J connectivity index is 0. The van der Waals surface area contributed by atoms with Gasteiger partial charge in [-0.3, -0.25) is 0 Å². The number of aliphatic hydroxyl groups excluding tert-OH is 2. The van der Waals surface area contributed by atoms with Crippen molar-refractivity contribution in [3.63, 3.8) is 0 Å². The van der Waals surface area contributed by atoms with Crippen LogP contribution in [-0.4, -0.2) is 28.4 Å². The van der Waals surface area contributed by atoms with E-state index in [2.05, 4.69) is 0 Å². The van der Waals surface area contributed by atoms with Crippen molar-refractivity contribution in [3.8, 4) is 0 Å². The molecule has 3 atom stereocenters. The summed E-state index contributed by atoms with van der Waals surface area (Å²) < 4.78 is 0. The quantitative estimate of drug-likeness (QED) is 0.415. The van der Waals surface area contributed by atoms with Gasteiger partial charge in [-0.2, -0.15) is 0 Å². The van der Waals surface area contributed by atoms with E-state index < -0.39 is 24.1 Å². The van der Waals surface area contributed by atoms with E-state index in [0.717, 1.165) is 0 Å². The molecule has 0 spiro atoms. The van der Waals surface area contributed by atoms with Crippen molar-refractivity contribution in [3.05, 3.63) is 0 Å². The van der Waals surface area contributed by atoms with Crippen LogP contribution >= 0.6 is 0 Å². The molecular weight excluding hydrogens is 155 g/mol. The van der Waals surface area contributed by atoms with Gasteiger partial charge in [0.15, 0.2) is 0 Å². The van der Waals surface area contributed by atoms with Crippen molar-refractivity contribution in [2.75, 3.05) is 0 Å². The minimum absolute atomic E-state index is 0. The minimum Gasteiger partial charge on any atom is -0.547 e. The molecule has 4 nitrogen and oxygen atoms in total. The Morgan fingerprint density at radius 3 is 2.17 bits per heavy atom. The molecule has 0 saturated carbocycles. The minimum atomic E-state index is -1.58. The first-order chi connectivity index (χ1) is 5.00. The van der Waals surface area contributed by atoms with Crippen LogP contribution in [0.2, 0.25) is 0 Å². The van der Waals surface area contributed by atoms with Crippen LogP contribution in [0.1, 0.15) is 20.3 Å². The second-order valence-corrected chi connectivity index (χ2v) is 2.60. The molecule has 0 amide bonds. The van der Waals surface area contributed by atoms with Crippen LogP contribution in [0.5, 0.6) is 0 Å². The number of carbonyl (C=O) groups excluding carboxylic acids is 1. The smallest absolute Gasteiger partial charge is 0.547 e. The molecule has 0 aliphatic rings. The van der Waals surface area contributed by atoms with E-state index in [-0.39, 0.29) is 18.9 Å². The number of rotatable bonds is 4. The van der Waals surface area contributed by atoms with Crippen LogP contribution < -0.4 is 24.0 Å². The molecule has 0 bridgehead atoms. The summed E-state index contributed by atoms with van der Waals surface area (Å²) in [7, 11) is 0. The Labute approximate surface area is 83.8 Å². The van der Waals surface area contributed by atoms with E-state index in [0.29, 0.717) is 6.42 Å². The summed E-state index contributed by atoms with van der Waals surface area (Å²) in [6.07, 6.45) is -1.95. The van der Waals surface area contributed by atoms with Gasteiger partial charge >= 0.3 is 18.9 Å². The van der Waals surface area contributed by atoms with Gasteiger partial charge in [0.25, 0.3) is 0 Å². The van der Waals surface area contributed by atoms with Crippen LogP contribution in [0, 0.1) is 5.92 Å². The molecule has 0 aromatic carbocycles. The molecule has 0 saturated heterocycles. The maximum Gasteiger partial charge on any atom is 1.00 e. The van der Waals surface area contributed by atoms with Crippen LogP contribution in [0.4, 0.5) is 0 Å². The fourth-order valence-electron chi connectivity index (χ4n) is 0.797. The van der Waals surface area contributed by atoms with Crippen molar-refractivity contribution in [1.82, 2.24) is 0 Å². The summed E-state index contributed by atoms with van der Waals surface area (Å²) in [5.41, 5.74) is 0. The van der Waals surface area contributed by atoms with Crippen molar-refractivity contribution in [2.24, 2.45) is 5.92 Å². The van der Waals surface area contributed by atoms with Gasteiger partial charge in [-0.15, -0.1) is 0 Å². The van der Waals surface area contributed by atoms with Gasteiger partial charge in [-0.1, -0.05) is 13.8 Å². The molecule has 66 valence electrons. The van der Waals surface area contributed by atoms with Crippen LogP contribution in [0.25, 0.3) is 0 Å². The van der Waals surface area contributed by atoms with Gasteiger partial charge in [-0.25, -0.2) is 0 Å². The molecule has 0 radical (unpaired) electrons. The number of carboxylic acid groups (broad SMARTS) is 1. The molecule has 0 rings (SSSR count). The average molecular weight is 168 g/mol. The van der Waals surface area contributed by atoms with E-state index in [4.69, 9.17) is 10.2 Å². The molecule has 0 aromatic heterocycles. The van der Waals surface area contributed by atoms with Gasteiger partial charge in [0.1, 0.15) is 0 Å². The number of hydrogen-bond donors (Lipinski definition) is 2. The Kier molecular flexibility index (Phi) is 7.86. The zero-order valence-corrected chi connectivity index (χ0v) is 7.65. The molecule has 0 heterocycles. The molecule has 2 N–H and O–H groups in total. The predicted octanol–water partition coefficient (Wildman–Crippen LogP) is -4.49. The molecule has 0 aliphatic carbocycles. The van der Waals surface area contributed by atoms with Crippen LogP contribution in [0.15, 0.2) is 0 Å². The third-order valence-electron chi connectivity index (χ3n) is 1.76. The zero-order valence-electron chi connectivity index (χ0n) is 7.65. The first kappa shape index (κ1) is 14.5. The second kappa shape index (κ2) is 6.50. The molecule has 12 heavy (non-hydrogen) atoms. The van der Waals surface area contributed by atoms with E-state index in [1.165, 1.54) is 6.92 Å². The standard InChI is InChI=1S/C7H14O4.Li/c1-3-5(8)4(2)6(9)7(10)11;/h4-6,8-9H,3H2,1-2H3,(H,10,11);/q;+1/p-1/t4-,5-,6+;/m1./s1. The van der Waals surface area contributed by atoms with Gasteiger partial charge in [0.2, 0.25) is 0 Å². The van der Waals surface area contributed by atoms with Gasteiger partial charge < -0.3 is 20.1 Å². The molecule has 0 aromatic rings. The summed E-state index contributed by atoms with van der Waals surface area (Å²) in [4.78, 5) is 10.1. The summed E-state index contributed by atoms with van der Waals surface area (Å²) in [6.45, 7) is 3.18. The maximum absolute atomic E-state index is 10.1. The van der Waals surface area contributed by atoms with Crippen molar-refractivity contribution < 1.29 is 39.0 Å². The maximum atomic E-state index is 10.1. The SMILES string of the molecule is CC[C@@H](O)[C@@H](C)[C@H](O)C(=O)[O-].[Li+]. The van der Waals surface area contributed by atoms with E-state index >= 15 is 0 Å². The number of hydrogen-bond acceptors (Lipinski definition) is 4. The molecule has 0 aliphatic heterocycles. The fraction of sp³-hybridized carbons (Fsp3) is 0.857. The normalized spacial score (nSPS) is 17.3. The Bertz CT molecular complexity index is 139. The zero-order chi connectivity index (χ0) is 9.02. The third-order valence-corrected chi connectivity index (χ3v) is 1.76. The summed E-state index contributed by atoms with van der Waals surface area (Å²) in [5, 5.41) is 28.1. The molecular formula is C7H13LiO4. The summed E-state index contributed by atoms with van der Waals surface area (Å²) in [6, 6.07) is 0. The number of aliphatic carboxylic acids is 1. The number of carboxylic acids is 1. The van der Waals surface area contributed by atoms with E-state index in [1.807, 2.05) is 0 Å². The van der Waals surface area contributed by atoms with E-state index in [9.17, 15) is 9.90 Å². The summed E-state index contributed by atoms with van der Waals surface area (Å²) in [5.74, 6) is -2.21. The number of carbonyl (C=O) groups is 1. The third kappa shape index (κ3) is 4.12. The van der Waals surface area contributed by atoms with Crippen LogP contribution in [0.3, 0.4) is 0 Å². The Hall–Kier alpha value is -0.0126. The first-order valence-corrected chi connectivity index (χ1v) is 3.57. The average Bonchev–Trinajstić information content (AvgIpc) is 2.00. The Morgan fingerprint density at radius 2 is 1.92 bits per heavy atom. The van der Waals surface area contributed by atoms with Crippen molar-refractivity contribution in [2.45, 2.75) is 32.5 Å². The topological polar surface area (TPSA) is 80.6 Å². The second-order valence-electron chi connectivity index (χ2n) is 2.60. The number of aliphatic hydroxyl groups is 2. The van der Waals surface area contributed by atoms with Gasteiger partial charge in [0, 0.05) is 5.92 Å². The predicted molar refractivity (Wildman–Crippen MR) is 36.5 cm³/mol. The van der Waals surface area contributed by atoms with E-state index in [1.54, 1.807) is 6.92 Å². The molecule has 0 fully saturated rings. The Morgan fingerprint density at radius 1 is 1.50 bits per heavy atom. The van der Waals surface area contributed by atoms with Crippen molar-refractivity contribution in [1.29, 1.82) is 0 Å². The van der Waals surface area contributed by atoms with Crippen molar-refractivity contribution >= 4 is 5.97 Å². The molecule has 0 unspecified atom stereocenters. The largest absolute Gasteiger partial charge is 1.00 e. The summed E-state index contributed by atoms with van der Waals surface area (Å²) >= 11 is 0.